The molecule has 0 saturated carbocycles. The number of halogens is 1. The quantitative estimate of drug-likeness (QED) is 0.840. The van der Waals surface area contributed by atoms with Crippen molar-refractivity contribution in [3.63, 3.8) is 0 Å². The standard InChI is InChI=1S/C13H12FNOS/c14-8-3-4-9-10(15)7-12(16-11(9)6-8)13-2-1-5-17-13/h1-6,10,12H,7,15H2/t10-,12?/m0/s1. The summed E-state index contributed by atoms with van der Waals surface area (Å²) in [7, 11) is 0. The lowest BCUT2D eigenvalue weighted by molar-refractivity contribution is 0.164. The van der Waals surface area contributed by atoms with Gasteiger partial charge in [-0.15, -0.1) is 11.3 Å². The molecule has 1 aromatic heterocycles. The molecule has 1 aromatic carbocycles. The predicted octanol–water partition coefficient (Wildman–Crippen LogP) is 3.41. The summed E-state index contributed by atoms with van der Waals surface area (Å²) in [4.78, 5) is 1.13. The molecule has 3 rings (SSSR count). The molecule has 2 N–H and O–H groups in total. The Labute approximate surface area is 103 Å². The first-order chi connectivity index (χ1) is 8.24. The maximum absolute atomic E-state index is 13.2. The number of benzene rings is 1. The smallest absolute Gasteiger partial charge is 0.135 e. The molecule has 0 saturated heterocycles. The normalized spacial score (nSPS) is 22.9. The van der Waals surface area contributed by atoms with Crippen molar-refractivity contribution >= 4 is 11.3 Å². The number of rotatable bonds is 1. The van der Waals surface area contributed by atoms with Crippen molar-refractivity contribution in [2.45, 2.75) is 18.6 Å². The molecule has 1 aliphatic heterocycles. The van der Waals surface area contributed by atoms with E-state index in [2.05, 4.69) is 0 Å². The topological polar surface area (TPSA) is 35.2 Å². The van der Waals surface area contributed by atoms with E-state index in [1.807, 2.05) is 17.5 Å². The summed E-state index contributed by atoms with van der Waals surface area (Å²) in [6.45, 7) is 0. The maximum Gasteiger partial charge on any atom is 0.135 e. The van der Waals surface area contributed by atoms with Crippen LogP contribution in [0.2, 0.25) is 0 Å². The van der Waals surface area contributed by atoms with E-state index in [4.69, 9.17) is 10.5 Å². The summed E-state index contributed by atoms with van der Waals surface area (Å²) >= 11 is 1.64. The van der Waals surface area contributed by atoms with Gasteiger partial charge in [0.1, 0.15) is 17.7 Å². The second kappa shape index (κ2) is 4.13. The van der Waals surface area contributed by atoms with Gasteiger partial charge in [0.25, 0.3) is 0 Å². The van der Waals surface area contributed by atoms with Gasteiger partial charge in [-0.05, 0) is 17.5 Å². The van der Waals surface area contributed by atoms with Gasteiger partial charge in [0.2, 0.25) is 0 Å². The van der Waals surface area contributed by atoms with E-state index in [1.54, 1.807) is 17.4 Å². The number of nitrogens with two attached hydrogens (primary N) is 1. The molecule has 2 atom stereocenters. The van der Waals surface area contributed by atoms with Crippen LogP contribution in [0, 0.1) is 5.82 Å². The minimum Gasteiger partial charge on any atom is -0.484 e. The van der Waals surface area contributed by atoms with E-state index < -0.39 is 0 Å². The minimum absolute atomic E-state index is 0.0562. The van der Waals surface area contributed by atoms with Gasteiger partial charge >= 0.3 is 0 Å². The van der Waals surface area contributed by atoms with Crippen molar-refractivity contribution in [1.82, 2.24) is 0 Å². The van der Waals surface area contributed by atoms with Crippen LogP contribution in [0.3, 0.4) is 0 Å². The molecular formula is C13H12FNOS. The van der Waals surface area contributed by atoms with E-state index in [1.165, 1.54) is 12.1 Å². The zero-order chi connectivity index (χ0) is 11.8. The van der Waals surface area contributed by atoms with Gasteiger partial charge in [0, 0.05) is 29.0 Å². The molecule has 0 amide bonds. The van der Waals surface area contributed by atoms with Crippen LogP contribution in [-0.2, 0) is 0 Å². The summed E-state index contributed by atoms with van der Waals surface area (Å²) in [6, 6.07) is 8.46. The molecular weight excluding hydrogens is 237 g/mol. The highest BCUT2D eigenvalue weighted by atomic mass is 32.1. The second-order valence-electron chi connectivity index (χ2n) is 4.15. The monoisotopic (exact) mass is 249 g/mol. The molecule has 2 heterocycles. The molecule has 0 fully saturated rings. The largest absolute Gasteiger partial charge is 0.484 e. The minimum atomic E-state index is -0.289. The Kier molecular flexibility index (Phi) is 2.61. The molecule has 2 aromatic rings. The van der Waals surface area contributed by atoms with E-state index in [0.717, 1.165) is 16.9 Å². The fraction of sp³-hybridized carbons (Fsp3) is 0.231. The van der Waals surface area contributed by atoms with Crippen molar-refractivity contribution in [3.8, 4) is 5.75 Å². The van der Waals surface area contributed by atoms with Gasteiger partial charge in [0.15, 0.2) is 0 Å². The van der Waals surface area contributed by atoms with Gasteiger partial charge in [-0.2, -0.15) is 0 Å². The fourth-order valence-corrected chi connectivity index (χ4v) is 2.89. The van der Waals surface area contributed by atoms with Crippen LogP contribution in [0.15, 0.2) is 35.7 Å². The van der Waals surface area contributed by atoms with Crippen LogP contribution >= 0.6 is 11.3 Å². The molecule has 0 spiro atoms. The summed E-state index contributed by atoms with van der Waals surface area (Å²) in [5.74, 6) is 0.282. The van der Waals surface area contributed by atoms with Crippen LogP contribution in [0.4, 0.5) is 4.39 Å². The van der Waals surface area contributed by atoms with E-state index >= 15 is 0 Å². The Morgan fingerprint density at radius 2 is 2.24 bits per heavy atom. The summed E-state index contributed by atoms with van der Waals surface area (Å²) in [5.41, 5.74) is 6.98. The molecule has 0 radical (unpaired) electrons. The molecule has 17 heavy (non-hydrogen) atoms. The Hall–Kier alpha value is -1.39. The van der Waals surface area contributed by atoms with Gasteiger partial charge < -0.3 is 10.5 Å². The van der Waals surface area contributed by atoms with Crippen molar-refractivity contribution in [2.24, 2.45) is 5.73 Å². The van der Waals surface area contributed by atoms with Crippen molar-refractivity contribution < 1.29 is 9.13 Å². The average molecular weight is 249 g/mol. The number of ether oxygens (including phenoxy) is 1. The lowest BCUT2D eigenvalue weighted by Crippen LogP contribution is -2.23. The van der Waals surface area contributed by atoms with Crippen LogP contribution in [0.5, 0.6) is 5.75 Å². The van der Waals surface area contributed by atoms with Crippen LogP contribution in [0.1, 0.15) is 29.0 Å². The van der Waals surface area contributed by atoms with E-state index in [-0.39, 0.29) is 18.0 Å². The van der Waals surface area contributed by atoms with Crippen molar-refractivity contribution in [2.75, 3.05) is 0 Å². The van der Waals surface area contributed by atoms with Gasteiger partial charge in [-0.1, -0.05) is 12.1 Å². The van der Waals surface area contributed by atoms with Crippen LogP contribution in [0.25, 0.3) is 0 Å². The third kappa shape index (κ3) is 1.94. The molecule has 2 nitrogen and oxygen atoms in total. The average Bonchev–Trinajstić information content (AvgIpc) is 2.81. The SMILES string of the molecule is N[C@H]1CC(c2cccs2)Oc2cc(F)ccc21. The highest BCUT2D eigenvalue weighted by molar-refractivity contribution is 7.10. The maximum atomic E-state index is 13.2. The third-order valence-electron chi connectivity index (χ3n) is 2.97. The van der Waals surface area contributed by atoms with E-state index in [0.29, 0.717) is 5.75 Å². The first-order valence-electron chi connectivity index (χ1n) is 5.49. The number of fused-ring (bicyclic) bond motifs is 1. The second-order valence-corrected chi connectivity index (χ2v) is 5.13. The van der Waals surface area contributed by atoms with E-state index in [9.17, 15) is 4.39 Å². The fourth-order valence-electron chi connectivity index (χ4n) is 2.12. The Bertz CT molecular complexity index is 526. The first-order valence-corrected chi connectivity index (χ1v) is 6.37. The van der Waals surface area contributed by atoms with Crippen molar-refractivity contribution in [1.29, 1.82) is 0 Å². The molecule has 0 aliphatic carbocycles. The highest BCUT2D eigenvalue weighted by Gasteiger charge is 2.27. The first kappa shape index (κ1) is 10.7. The Balaban J connectivity index is 1.97. The lowest BCUT2D eigenvalue weighted by atomic mass is 9.96. The third-order valence-corrected chi connectivity index (χ3v) is 3.94. The molecule has 1 aliphatic rings. The highest BCUT2D eigenvalue weighted by Crippen LogP contribution is 2.40. The summed E-state index contributed by atoms with van der Waals surface area (Å²) < 4.78 is 19.0. The predicted molar refractivity (Wildman–Crippen MR) is 65.6 cm³/mol. The summed E-state index contributed by atoms with van der Waals surface area (Å²) in [5, 5.41) is 2.01. The van der Waals surface area contributed by atoms with Crippen LogP contribution in [-0.4, -0.2) is 0 Å². The molecule has 88 valence electrons. The number of hydrogen-bond acceptors (Lipinski definition) is 3. The van der Waals surface area contributed by atoms with Crippen LogP contribution < -0.4 is 10.5 Å². The van der Waals surface area contributed by atoms with Gasteiger partial charge in [-0.25, -0.2) is 4.39 Å². The van der Waals surface area contributed by atoms with Crippen molar-refractivity contribution in [3.05, 3.63) is 52.0 Å². The Morgan fingerprint density at radius 3 is 3.00 bits per heavy atom. The summed E-state index contributed by atoms with van der Waals surface area (Å²) in [6.07, 6.45) is 0.679. The van der Waals surface area contributed by atoms with Gasteiger partial charge in [-0.3, -0.25) is 0 Å². The molecule has 0 bridgehead atoms. The Morgan fingerprint density at radius 1 is 1.35 bits per heavy atom. The zero-order valence-electron chi connectivity index (χ0n) is 9.10. The number of thiophene rings is 1. The zero-order valence-corrected chi connectivity index (χ0v) is 9.91. The van der Waals surface area contributed by atoms with Gasteiger partial charge in [0.05, 0.1) is 0 Å². The molecule has 4 heteroatoms. The number of hydrogen-bond donors (Lipinski definition) is 1. The molecule has 1 unspecified atom stereocenters. The lowest BCUT2D eigenvalue weighted by Gasteiger charge is -2.29.